The van der Waals surface area contributed by atoms with Gasteiger partial charge >= 0.3 is 0 Å². The third kappa shape index (κ3) is 4.93. The molecule has 1 aliphatic carbocycles. The Balaban J connectivity index is 2.50. The van der Waals surface area contributed by atoms with Gasteiger partial charge < -0.3 is 4.74 Å². The van der Waals surface area contributed by atoms with E-state index in [9.17, 15) is 4.79 Å². The van der Waals surface area contributed by atoms with Crippen molar-refractivity contribution in [2.24, 2.45) is 0 Å². The highest BCUT2D eigenvalue weighted by atomic mass is 16.5. The Morgan fingerprint density at radius 2 is 1.67 bits per heavy atom. The molecule has 0 saturated heterocycles. The van der Waals surface area contributed by atoms with E-state index in [4.69, 9.17) is 4.74 Å². The molecule has 0 saturated carbocycles. The van der Waals surface area contributed by atoms with Gasteiger partial charge in [0.25, 0.3) is 0 Å². The number of carbonyl (C=O) groups is 1. The van der Waals surface area contributed by atoms with Crippen molar-refractivity contribution >= 4 is 5.78 Å². The Kier molecular flexibility index (Phi) is 6.02. The first kappa shape index (κ1) is 12.2. The minimum atomic E-state index is -0.206. The molecule has 0 aromatic heterocycles. The molecule has 0 N–H and O–H groups in total. The molecule has 1 aliphatic rings. The topological polar surface area (TPSA) is 26.3 Å². The van der Waals surface area contributed by atoms with Crippen LogP contribution in [0, 0.1) is 0 Å². The van der Waals surface area contributed by atoms with Crippen molar-refractivity contribution in [1.82, 2.24) is 0 Å². The molecule has 1 atom stereocenters. The van der Waals surface area contributed by atoms with Crippen LogP contribution in [0.4, 0.5) is 0 Å². The van der Waals surface area contributed by atoms with Crippen LogP contribution in [0.25, 0.3) is 0 Å². The lowest BCUT2D eigenvalue weighted by Crippen LogP contribution is -2.22. The van der Waals surface area contributed by atoms with Gasteiger partial charge in [-0.25, -0.2) is 0 Å². The molecule has 2 nitrogen and oxygen atoms in total. The highest BCUT2D eigenvalue weighted by molar-refractivity contribution is 5.83. The molecule has 0 spiro atoms. The van der Waals surface area contributed by atoms with Gasteiger partial charge in [0.15, 0.2) is 5.78 Å². The van der Waals surface area contributed by atoms with Crippen LogP contribution in [0.3, 0.4) is 0 Å². The van der Waals surface area contributed by atoms with Crippen LogP contribution in [0.5, 0.6) is 0 Å². The van der Waals surface area contributed by atoms with Gasteiger partial charge in [0, 0.05) is 13.5 Å². The molecule has 15 heavy (non-hydrogen) atoms. The SMILES string of the molecule is COC1CC/C=C\CC/C=C\CCC1=O. The molecule has 1 rings (SSSR count). The Morgan fingerprint density at radius 1 is 1.07 bits per heavy atom. The van der Waals surface area contributed by atoms with Gasteiger partial charge in [-0.2, -0.15) is 0 Å². The number of allylic oxidation sites excluding steroid dienone is 4. The minimum absolute atomic E-state index is 0.206. The Morgan fingerprint density at radius 3 is 2.33 bits per heavy atom. The molecule has 0 aromatic carbocycles. The lowest BCUT2D eigenvalue weighted by molar-refractivity contribution is -0.129. The molecule has 0 aromatic rings. The molecule has 0 heterocycles. The maximum atomic E-state index is 11.7. The summed E-state index contributed by atoms with van der Waals surface area (Å²) in [7, 11) is 1.62. The number of hydrogen-bond donors (Lipinski definition) is 0. The molecule has 0 bridgehead atoms. The summed E-state index contributed by atoms with van der Waals surface area (Å²) in [6, 6.07) is 0. The van der Waals surface area contributed by atoms with E-state index in [1.54, 1.807) is 7.11 Å². The molecule has 2 heteroatoms. The van der Waals surface area contributed by atoms with Crippen LogP contribution in [0.1, 0.15) is 38.5 Å². The van der Waals surface area contributed by atoms with Gasteiger partial charge in [-0.3, -0.25) is 4.79 Å². The van der Waals surface area contributed by atoms with E-state index in [2.05, 4.69) is 24.3 Å². The fraction of sp³-hybridized carbons (Fsp3) is 0.615. The fourth-order valence-corrected chi connectivity index (χ4v) is 1.71. The van der Waals surface area contributed by atoms with E-state index >= 15 is 0 Å². The molecule has 1 unspecified atom stereocenters. The molecule has 84 valence electrons. The first-order valence-electron chi connectivity index (χ1n) is 5.70. The number of rotatable bonds is 1. The monoisotopic (exact) mass is 208 g/mol. The molecule has 0 amide bonds. The number of Topliss-reactive ketones (excluding diaryl/α,β-unsaturated/α-hetero) is 1. The average molecular weight is 208 g/mol. The molecule has 0 fully saturated rings. The fourth-order valence-electron chi connectivity index (χ4n) is 1.71. The van der Waals surface area contributed by atoms with Gasteiger partial charge in [0.1, 0.15) is 6.10 Å². The average Bonchev–Trinajstić information content (AvgIpc) is 2.23. The van der Waals surface area contributed by atoms with Gasteiger partial charge in [0.05, 0.1) is 0 Å². The number of ketones is 1. The zero-order valence-corrected chi connectivity index (χ0v) is 9.45. The van der Waals surface area contributed by atoms with Crippen LogP contribution in [0.2, 0.25) is 0 Å². The predicted molar refractivity (Wildman–Crippen MR) is 61.8 cm³/mol. The summed E-state index contributed by atoms with van der Waals surface area (Å²) in [4.78, 5) is 11.7. The summed E-state index contributed by atoms with van der Waals surface area (Å²) in [6.07, 6.45) is 13.8. The van der Waals surface area contributed by atoms with E-state index in [-0.39, 0.29) is 11.9 Å². The van der Waals surface area contributed by atoms with Crippen molar-refractivity contribution in [2.75, 3.05) is 7.11 Å². The lowest BCUT2D eigenvalue weighted by Gasteiger charge is -2.12. The third-order valence-electron chi connectivity index (χ3n) is 2.63. The molecule has 0 radical (unpaired) electrons. The van der Waals surface area contributed by atoms with Gasteiger partial charge in [-0.1, -0.05) is 24.3 Å². The van der Waals surface area contributed by atoms with Crippen molar-refractivity contribution in [1.29, 1.82) is 0 Å². The number of methoxy groups -OCH3 is 1. The summed E-state index contributed by atoms with van der Waals surface area (Å²) in [5, 5.41) is 0. The number of carbonyl (C=O) groups excluding carboxylic acids is 1. The van der Waals surface area contributed by atoms with Crippen molar-refractivity contribution in [3.8, 4) is 0 Å². The van der Waals surface area contributed by atoms with Gasteiger partial charge in [-0.15, -0.1) is 0 Å². The smallest absolute Gasteiger partial charge is 0.161 e. The first-order valence-corrected chi connectivity index (χ1v) is 5.70. The zero-order valence-electron chi connectivity index (χ0n) is 9.45. The standard InChI is InChI=1S/C13H20O2/c1-15-13-11-9-7-5-3-2-4-6-8-10-12(13)14/h4-7,13H,2-3,8-11H2,1H3/b6-4-,7-5-. The minimum Gasteiger partial charge on any atom is -0.374 e. The Hall–Kier alpha value is -0.890. The van der Waals surface area contributed by atoms with E-state index < -0.39 is 0 Å². The number of hydrogen-bond acceptors (Lipinski definition) is 2. The summed E-state index contributed by atoms with van der Waals surface area (Å²) in [5.41, 5.74) is 0. The van der Waals surface area contributed by atoms with Crippen LogP contribution in [-0.2, 0) is 9.53 Å². The Bertz CT molecular complexity index is 241. The second kappa shape index (κ2) is 7.41. The maximum Gasteiger partial charge on any atom is 0.161 e. The first-order chi connectivity index (χ1) is 7.34. The summed E-state index contributed by atoms with van der Waals surface area (Å²) in [6.45, 7) is 0. The van der Waals surface area contributed by atoms with Crippen molar-refractivity contribution in [3.05, 3.63) is 24.3 Å². The van der Waals surface area contributed by atoms with Gasteiger partial charge in [-0.05, 0) is 32.1 Å². The van der Waals surface area contributed by atoms with E-state index in [1.165, 1.54) is 0 Å². The summed E-state index contributed by atoms with van der Waals surface area (Å²) < 4.78 is 5.20. The maximum absolute atomic E-state index is 11.7. The Labute approximate surface area is 92.0 Å². The van der Waals surface area contributed by atoms with Gasteiger partial charge in [0.2, 0.25) is 0 Å². The number of ether oxygens (including phenoxy) is 1. The van der Waals surface area contributed by atoms with Crippen molar-refractivity contribution in [2.45, 2.75) is 44.6 Å². The van der Waals surface area contributed by atoms with E-state index in [0.29, 0.717) is 6.42 Å². The second-order valence-corrected chi connectivity index (χ2v) is 3.83. The van der Waals surface area contributed by atoms with Crippen LogP contribution in [0.15, 0.2) is 24.3 Å². The second-order valence-electron chi connectivity index (χ2n) is 3.83. The lowest BCUT2D eigenvalue weighted by atomic mass is 10.0. The molecular formula is C13H20O2. The van der Waals surface area contributed by atoms with E-state index in [0.717, 1.165) is 32.1 Å². The summed E-state index contributed by atoms with van der Waals surface area (Å²) >= 11 is 0. The van der Waals surface area contributed by atoms with Crippen LogP contribution in [-0.4, -0.2) is 19.0 Å². The summed E-state index contributed by atoms with van der Waals surface area (Å²) in [5.74, 6) is 0.233. The van der Waals surface area contributed by atoms with Crippen LogP contribution >= 0.6 is 0 Å². The predicted octanol–water partition coefficient (Wildman–Crippen LogP) is 3.04. The van der Waals surface area contributed by atoms with Crippen molar-refractivity contribution < 1.29 is 9.53 Å². The molecule has 0 aliphatic heterocycles. The third-order valence-corrected chi connectivity index (χ3v) is 2.63. The normalized spacial score (nSPS) is 28.9. The largest absolute Gasteiger partial charge is 0.374 e. The van der Waals surface area contributed by atoms with Crippen LogP contribution < -0.4 is 0 Å². The highest BCUT2D eigenvalue weighted by Gasteiger charge is 2.15. The quantitative estimate of drug-likeness (QED) is 0.619. The zero-order chi connectivity index (χ0) is 10.9. The van der Waals surface area contributed by atoms with E-state index in [1.807, 2.05) is 0 Å². The van der Waals surface area contributed by atoms with Crippen molar-refractivity contribution in [3.63, 3.8) is 0 Å². The molecular weight excluding hydrogens is 188 g/mol. The highest BCUT2D eigenvalue weighted by Crippen LogP contribution is 2.10.